The minimum Gasteiger partial charge on any atom is -0.481 e. The molecule has 1 fully saturated rings. The molecule has 0 saturated carbocycles. The van der Waals surface area contributed by atoms with Crippen molar-refractivity contribution in [3.63, 3.8) is 0 Å². The van der Waals surface area contributed by atoms with E-state index in [4.69, 9.17) is 14.7 Å². The molecule has 0 aliphatic carbocycles. The van der Waals surface area contributed by atoms with Gasteiger partial charge in [-0.15, -0.1) is 0 Å². The summed E-state index contributed by atoms with van der Waals surface area (Å²) in [6, 6.07) is 10.1. The first kappa shape index (κ1) is 20.4. The summed E-state index contributed by atoms with van der Waals surface area (Å²) in [5.74, 6) is -0.948. The molecule has 144 valence electrons. The van der Waals surface area contributed by atoms with Gasteiger partial charge in [0.15, 0.2) is 0 Å². The normalized spacial score (nSPS) is 18.7. The first-order valence-electron chi connectivity index (χ1n) is 9.28. The topological polar surface area (TPSA) is 71.0 Å². The van der Waals surface area contributed by atoms with Crippen molar-refractivity contribution in [3.8, 4) is 0 Å². The summed E-state index contributed by atoms with van der Waals surface area (Å²) >= 11 is 0. The SMILES string of the molecule is COCCCC=C(NOCCN1CCCC(C(=O)O)C1)c1ccccc1. The van der Waals surface area contributed by atoms with Gasteiger partial charge in [0.2, 0.25) is 0 Å². The number of carbonyl (C=O) groups is 1. The smallest absolute Gasteiger partial charge is 0.307 e. The number of ether oxygens (including phenoxy) is 1. The molecule has 1 atom stereocenters. The van der Waals surface area contributed by atoms with Gasteiger partial charge in [-0.3, -0.25) is 15.1 Å². The van der Waals surface area contributed by atoms with Crippen molar-refractivity contribution in [2.45, 2.75) is 25.7 Å². The first-order valence-corrected chi connectivity index (χ1v) is 9.28. The molecule has 0 bridgehead atoms. The average molecular weight is 362 g/mol. The molecule has 1 unspecified atom stereocenters. The number of likely N-dealkylation sites (tertiary alicyclic amines) is 1. The maximum atomic E-state index is 11.1. The van der Waals surface area contributed by atoms with E-state index < -0.39 is 5.97 Å². The molecule has 1 heterocycles. The van der Waals surface area contributed by atoms with Gasteiger partial charge in [0.05, 0.1) is 18.2 Å². The molecule has 0 aromatic heterocycles. The van der Waals surface area contributed by atoms with Crippen molar-refractivity contribution in [1.29, 1.82) is 0 Å². The highest BCUT2D eigenvalue weighted by atomic mass is 16.6. The van der Waals surface area contributed by atoms with E-state index >= 15 is 0 Å². The first-order chi connectivity index (χ1) is 12.7. The van der Waals surface area contributed by atoms with Crippen LogP contribution in [-0.2, 0) is 14.4 Å². The lowest BCUT2D eigenvalue weighted by Crippen LogP contribution is -2.40. The van der Waals surface area contributed by atoms with Gasteiger partial charge in [0.25, 0.3) is 0 Å². The maximum Gasteiger partial charge on any atom is 0.307 e. The summed E-state index contributed by atoms with van der Waals surface area (Å²) in [5, 5.41) is 9.16. The van der Waals surface area contributed by atoms with Gasteiger partial charge in [-0.25, -0.2) is 0 Å². The van der Waals surface area contributed by atoms with Crippen LogP contribution < -0.4 is 5.48 Å². The van der Waals surface area contributed by atoms with E-state index in [2.05, 4.69) is 16.5 Å². The van der Waals surface area contributed by atoms with Crippen LogP contribution in [0.2, 0.25) is 0 Å². The molecular weight excluding hydrogens is 332 g/mol. The molecule has 0 spiro atoms. The van der Waals surface area contributed by atoms with Crippen molar-refractivity contribution < 1.29 is 19.5 Å². The summed E-state index contributed by atoms with van der Waals surface area (Å²) in [6.07, 6.45) is 5.68. The largest absolute Gasteiger partial charge is 0.481 e. The zero-order valence-electron chi connectivity index (χ0n) is 15.5. The maximum absolute atomic E-state index is 11.1. The van der Waals surface area contributed by atoms with Crippen molar-refractivity contribution in [3.05, 3.63) is 42.0 Å². The van der Waals surface area contributed by atoms with E-state index in [9.17, 15) is 4.79 Å². The second kappa shape index (κ2) is 11.7. The quantitative estimate of drug-likeness (QED) is 0.466. The van der Waals surface area contributed by atoms with E-state index in [0.717, 1.165) is 56.6 Å². The van der Waals surface area contributed by atoms with Gasteiger partial charge >= 0.3 is 5.97 Å². The lowest BCUT2D eigenvalue weighted by Gasteiger charge is -2.30. The van der Waals surface area contributed by atoms with Crippen LogP contribution in [0.5, 0.6) is 0 Å². The molecule has 1 aromatic carbocycles. The molecule has 6 nitrogen and oxygen atoms in total. The minimum atomic E-state index is -0.695. The molecule has 1 saturated heterocycles. The molecule has 1 aromatic rings. The Morgan fingerprint density at radius 1 is 1.35 bits per heavy atom. The predicted octanol–water partition coefficient (Wildman–Crippen LogP) is 2.77. The van der Waals surface area contributed by atoms with Crippen LogP contribution in [0, 0.1) is 5.92 Å². The summed E-state index contributed by atoms with van der Waals surface area (Å²) < 4.78 is 5.09. The lowest BCUT2D eigenvalue weighted by atomic mass is 9.98. The average Bonchev–Trinajstić information content (AvgIpc) is 2.67. The molecular formula is C20H30N2O4. The fourth-order valence-corrected chi connectivity index (χ4v) is 3.07. The third kappa shape index (κ3) is 7.15. The Hall–Kier alpha value is -1.89. The van der Waals surface area contributed by atoms with Gasteiger partial charge in [-0.2, -0.15) is 0 Å². The fraction of sp³-hybridized carbons (Fsp3) is 0.550. The number of hydrogen-bond acceptors (Lipinski definition) is 5. The van der Waals surface area contributed by atoms with E-state index in [-0.39, 0.29) is 5.92 Å². The fourth-order valence-electron chi connectivity index (χ4n) is 3.07. The van der Waals surface area contributed by atoms with Crippen molar-refractivity contribution >= 4 is 11.7 Å². The van der Waals surface area contributed by atoms with Gasteiger partial charge in [-0.05, 0) is 37.8 Å². The number of allylic oxidation sites excluding steroid dienone is 1. The van der Waals surface area contributed by atoms with Gasteiger partial charge in [0, 0.05) is 26.8 Å². The molecule has 2 N–H and O–H groups in total. The molecule has 2 rings (SSSR count). The number of nitrogens with zero attached hydrogens (tertiary/aromatic N) is 1. The second-order valence-corrected chi connectivity index (χ2v) is 6.55. The highest BCUT2D eigenvalue weighted by molar-refractivity contribution is 5.70. The number of piperidine rings is 1. The third-order valence-corrected chi connectivity index (χ3v) is 4.53. The van der Waals surface area contributed by atoms with Crippen LogP contribution in [-0.4, -0.2) is 55.9 Å². The van der Waals surface area contributed by atoms with Crippen molar-refractivity contribution in [2.75, 3.05) is 40.0 Å². The van der Waals surface area contributed by atoms with Gasteiger partial charge in [-0.1, -0.05) is 36.4 Å². The van der Waals surface area contributed by atoms with Crippen LogP contribution in [0.3, 0.4) is 0 Å². The van der Waals surface area contributed by atoms with E-state index in [0.29, 0.717) is 13.2 Å². The van der Waals surface area contributed by atoms with Crippen LogP contribution in [0.4, 0.5) is 0 Å². The molecule has 26 heavy (non-hydrogen) atoms. The van der Waals surface area contributed by atoms with Gasteiger partial charge < -0.3 is 14.7 Å². The van der Waals surface area contributed by atoms with E-state index in [1.165, 1.54) is 0 Å². The highest BCUT2D eigenvalue weighted by Gasteiger charge is 2.24. The van der Waals surface area contributed by atoms with E-state index in [1.54, 1.807) is 7.11 Å². The number of methoxy groups -OCH3 is 1. The van der Waals surface area contributed by atoms with Gasteiger partial charge in [0.1, 0.15) is 0 Å². The number of unbranched alkanes of at least 4 members (excludes halogenated alkanes) is 1. The van der Waals surface area contributed by atoms with Crippen LogP contribution in [0.1, 0.15) is 31.2 Å². The zero-order valence-corrected chi connectivity index (χ0v) is 15.5. The van der Waals surface area contributed by atoms with E-state index in [1.807, 2.05) is 30.3 Å². The van der Waals surface area contributed by atoms with Crippen LogP contribution >= 0.6 is 0 Å². The number of nitrogens with one attached hydrogen (secondary N) is 1. The number of hydrogen-bond donors (Lipinski definition) is 2. The summed E-state index contributed by atoms with van der Waals surface area (Å²) in [4.78, 5) is 19.0. The summed E-state index contributed by atoms with van der Waals surface area (Å²) in [7, 11) is 1.71. The molecule has 1 aliphatic heterocycles. The molecule has 6 heteroatoms. The minimum absolute atomic E-state index is 0.253. The molecule has 0 radical (unpaired) electrons. The van der Waals surface area contributed by atoms with Crippen molar-refractivity contribution in [2.24, 2.45) is 5.92 Å². The Labute approximate surface area is 155 Å². The molecule has 1 aliphatic rings. The number of aliphatic carboxylic acids is 1. The van der Waals surface area contributed by atoms with Crippen molar-refractivity contribution in [1.82, 2.24) is 10.4 Å². The number of rotatable bonds is 11. The predicted molar refractivity (Wildman–Crippen MR) is 101 cm³/mol. The number of hydroxylamine groups is 1. The lowest BCUT2D eigenvalue weighted by molar-refractivity contribution is -0.143. The third-order valence-electron chi connectivity index (χ3n) is 4.53. The number of carboxylic acids is 1. The zero-order chi connectivity index (χ0) is 18.6. The summed E-state index contributed by atoms with van der Waals surface area (Å²) in [6.45, 7) is 3.51. The Kier molecular flexibility index (Phi) is 9.17. The molecule has 0 amide bonds. The van der Waals surface area contributed by atoms with Crippen LogP contribution in [0.25, 0.3) is 5.70 Å². The van der Waals surface area contributed by atoms with Crippen LogP contribution in [0.15, 0.2) is 36.4 Å². The standard InChI is InChI=1S/C20H30N2O4/c1-25-14-6-5-11-19(17-8-3-2-4-9-17)21-26-15-13-22-12-7-10-18(16-22)20(23)24/h2-4,8-9,11,18,21H,5-7,10,12-16H2,1H3,(H,23,24). The highest BCUT2D eigenvalue weighted by Crippen LogP contribution is 2.16. The number of benzene rings is 1. The summed E-state index contributed by atoms with van der Waals surface area (Å²) in [5.41, 5.74) is 5.09. The Morgan fingerprint density at radius 2 is 2.15 bits per heavy atom. The number of carboxylic acid groups (broad SMARTS) is 1. The Balaban J connectivity index is 1.78. The monoisotopic (exact) mass is 362 g/mol. The second-order valence-electron chi connectivity index (χ2n) is 6.55. The Morgan fingerprint density at radius 3 is 2.88 bits per heavy atom. The Bertz CT molecular complexity index is 562.